The second-order valence-corrected chi connectivity index (χ2v) is 12.9. The molecule has 0 unspecified atom stereocenters. The number of carbonyl (C=O) groups is 1. The maximum absolute atomic E-state index is 13.0. The Bertz CT molecular complexity index is 1250. The standard InChI is InChI=1S/C28H22Cl2NO2P.ClHO4/c29-26(30)27(31-28(32)33-21-22-13-5-1-6-14-22)34(23-15-7-2-8-16-23,24-17-9-3-10-18-24)25-19-11-4-12-20-25;2-1(3,4)5/h1-20H,21H2;(H,2,3,4,5)/p+1. The Hall–Kier alpha value is -2.97. The number of amides is 1. The monoisotopic (exact) mass is 606 g/mol. The van der Waals surface area contributed by atoms with Crippen molar-refractivity contribution in [3.63, 3.8) is 0 Å². The maximum Gasteiger partial charge on any atom is 0.414 e. The zero-order valence-corrected chi connectivity index (χ0v) is 23.5. The molecule has 0 saturated heterocycles. The first-order valence-electron chi connectivity index (χ1n) is 11.3. The molecule has 11 heteroatoms. The Morgan fingerprint density at radius 2 is 1.05 bits per heavy atom. The van der Waals surface area contributed by atoms with Gasteiger partial charge in [0.15, 0.2) is 11.8 Å². The van der Waals surface area contributed by atoms with E-state index in [0.29, 0.717) is 5.44 Å². The van der Waals surface area contributed by atoms with Gasteiger partial charge in [-0.3, -0.25) is 5.32 Å². The molecule has 4 rings (SSSR count). The van der Waals surface area contributed by atoms with Gasteiger partial charge in [-0.25, -0.2) is 4.79 Å². The van der Waals surface area contributed by atoms with Crippen LogP contribution in [0, 0.1) is 10.2 Å². The van der Waals surface area contributed by atoms with Crippen molar-refractivity contribution in [1.29, 1.82) is 0 Å². The summed E-state index contributed by atoms with van der Waals surface area (Å²) >= 11 is 13.1. The number of alkyl carbamates (subject to hydrolysis) is 1. The van der Waals surface area contributed by atoms with Gasteiger partial charge in [-0.05, 0) is 42.0 Å². The minimum absolute atomic E-state index is 0.0125. The van der Waals surface area contributed by atoms with Gasteiger partial charge in [0.1, 0.15) is 22.5 Å². The van der Waals surface area contributed by atoms with Crippen LogP contribution in [0.2, 0.25) is 0 Å². The van der Waals surface area contributed by atoms with E-state index in [1.807, 2.05) is 121 Å². The lowest BCUT2D eigenvalue weighted by Gasteiger charge is -2.29. The molecule has 0 atom stereocenters. The summed E-state index contributed by atoms with van der Waals surface area (Å²) in [5, 5.41) is 5.94. The van der Waals surface area contributed by atoms with Crippen LogP contribution >= 0.6 is 30.5 Å². The van der Waals surface area contributed by atoms with Crippen molar-refractivity contribution in [2.24, 2.45) is 0 Å². The van der Waals surface area contributed by atoms with Gasteiger partial charge in [0, 0.05) is 0 Å². The number of nitrogens with one attached hydrogen (secondary N) is 1. The fraction of sp³-hybridized carbons (Fsp3) is 0.0357. The molecule has 0 radical (unpaired) electrons. The third kappa shape index (κ3) is 8.77. The first kappa shape index (κ1) is 30.6. The van der Waals surface area contributed by atoms with Crippen LogP contribution < -0.4 is 35.2 Å². The zero-order chi connectivity index (χ0) is 28.3. The topological polar surface area (TPSA) is 128 Å². The molecule has 0 aliphatic carbocycles. The molecule has 0 saturated carbocycles. The van der Waals surface area contributed by atoms with Crippen molar-refractivity contribution in [2.45, 2.75) is 6.61 Å². The van der Waals surface area contributed by atoms with Crippen LogP contribution in [0.4, 0.5) is 4.79 Å². The summed E-state index contributed by atoms with van der Waals surface area (Å²) in [5.74, 6) is 0. The SMILES string of the molecule is O=C(NC(=C(Cl)Cl)[P+](c1ccccc1)(c1ccccc1)c1ccccc1)OCc1ccccc1.[O-][Cl+3]([O-])([O-])O. The number of hydrogen-bond donors (Lipinski definition) is 2. The van der Waals surface area contributed by atoms with Gasteiger partial charge in [0.25, 0.3) is 0 Å². The molecule has 0 aliphatic heterocycles. The molecule has 202 valence electrons. The van der Waals surface area contributed by atoms with Gasteiger partial charge in [0.2, 0.25) is 5.44 Å². The van der Waals surface area contributed by atoms with E-state index in [2.05, 4.69) is 5.32 Å². The van der Waals surface area contributed by atoms with Crippen molar-refractivity contribution >= 4 is 52.5 Å². The fourth-order valence-electron chi connectivity index (χ4n) is 3.90. The van der Waals surface area contributed by atoms with E-state index in [9.17, 15) is 4.79 Å². The molecule has 0 aromatic heterocycles. The van der Waals surface area contributed by atoms with Gasteiger partial charge < -0.3 is 4.74 Å². The highest BCUT2D eigenvalue weighted by atomic mass is 35.7. The second-order valence-electron chi connectivity index (χ2n) is 7.87. The van der Waals surface area contributed by atoms with Crippen LogP contribution in [-0.2, 0) is 11.3 Å². The molecular weight excluding hydrogens is 584 g/mol. The van der Waals surface area contributed by atoms with Crippen LogP contribution in [0.5, 0.6) is 0 Å². The van der Waals surface area contributed by atoms with E-state index >= 15 is 0 Å². The minimum atomic E-state index is -4.69. The minimum Gasteiger partial charge on any atom is -0.444 e. The van der Waals surface area contributed by atoms with E-state index in [1.54, 1.807) is 0 Å². The normalized spacial score (nSPS) is 11.0. The van der Waals surface area contributed by atoms with Crippen LogP contribution in [0.1, 0.15) is 5.56 Å². The number of hydrogen-bond acceptors (Lipinski definition) is 6. The first-order valence-corrected chi connectivity index (χ1v) is 15.2. The summed E-state index contributed by atoms with van der Waals surface area (Å²) < 4.78 is 38.2. The lowest BCUT2D eigenvalue weighted by Crippen LogP contribution is -2.58. The van der Waals surface area contributed by atoms with Crippen molar-refractivity contribution < 1.29 is 38.4 Å². The number of carbonyl (C=O) groups excluding carboxylic acids is 1. The van der Waals surface area contributed by atoms with Gasteiger partial charge in [-0.2, -0.15) is 14.0 Å². The Kier molecular flexibility index (Phi) is 11.3. The van der Waals surface area contributed by atoms with Crippen molar-refractivity contribution in [3.8, 4) is 0 Å². The lowest BCUT2D eigenvalue weighted by molar-refractivity contribution is -1.92. The quantitative estimate of drug-likeness (QED) is 0.311. The second kappa shape index (κ2) is 14.4. The van der Waals surface area contributed by atoms with Crippen molar-refractivity contribution in [3.05, 3.63) is 137 Å². The molecular formula is C28H24Cl3NO6P+. The summed E-state index contributed by atoms with van der Waals surface area (Å²) in [4.78, 5) is 13.0. The molecule has 39 heavy (non-hydrogen) atoms. The Morgan fingerprint density at radius 1 is 0.718 bits per heavy atom. The lowest BCUT2D eigenvalue weighted by atomic mass is 10.2. The summed E-state index contributed by atoms with van der Waals surface area (Å²) in [5.41, 5.74) is 1.31. The molecule has 0 aliphatic rings. The fourth-order valence-corrected chi connectivity index (χ4v) is 8.80. The Labute approximate surface area is 239 Å². The van der Waals surface area contributed by atoms with E-state index in [-0.39, 0.29) is 11.1 Å². The number of benzene rings is 4. The van der Waals surface area contributed by atoms with E-state index in [1.165, 1.54) is 0 Å². The molecule has 0 spiro atoms. The highest BCUT2D eigenvalue weighted by Gasteiger charge is 2.52. The predicted octanol–water partition coefficient (Wildman–Crippen LogP) is 2.39. The smallest absolute Gasteiger partial charge is 0.414 e. The van der Waals surface area contributed by atoms with Crippen LogP contribution in [0.3, 0.4) is 0 Å². The summed E-state index contributed by atoms with van der Waals surface area (Å²) in [6, 6.07) is 39.5. The third-order valence-electron chi connectivity index (χ3n) is 5.38. The molecule has 0 bridgehead atoms. The average molecular weight is 608 g/mol. The van der Waals surface area contributed by atoms with E-state index < -0.39 is 23.6 Å². The Balaban J connectivity index is 0.000000771. The molecule has 1 amide bonds. The number of rotatable bonds is 7. The van der Waals surface area contributed by atoms with Gasteiger partial charge in [0.05, 0.1) is 14.9 Å². The molecule has 4 aromatic carbocycles. The summed E-state index contributed by atoms with van der Waals surface area (Å²) in [6.45, 7) is 0.132. The average Bonchev–Trinajstić information content (AvgIpc) is 2.93. The molecule has 7 nitrogen and oxygen atoms in total. The summed E-state index contributed by atoms with van der Waals surface area (Å²) in [6.07, 6.45) is -0.621. The highest BCUT2D eigenvalue weighted by molar-refractivity contribution is 7.99. The maximum atomic E-state index is 13.0. The van der Waals surface area contributed by atoms with Crippen LogP contribution in [-0.4, -0.2) is 10.8 Å². The highest BCUT2D eigenvalue weighted by Crippen LogP contribution is 2.63. The molecule has 2 N–H and O–H groups in total. The first-order chi connectivity index (χ1) is 18.6. The van der Waals surface area contributed by atoms with Gasteiger partial charge in [-0.15, -0.1) is 0 Å². The molecule has 4 aromatic rings. The summed E-state index contributed by atoms with van der Waals surface area (Å²) in [7, 11) is -7.36. The number of ether oxygens (including phenoxy) is 1. The third-order valence-corrected chi connectivity index (χ3v) is 10.2. The number of halogens is 3. The predicted molar refractivity (Wildman–Crippen MR) is 146 cm³/mol. The van der Waals surface area contributed by atoms with Gasteiger partial charge in [-0.1, -0.05) is 108 Å². The van der Waals surface area contributed by atoms with E-state index in [0.717, 1.165) is 21.5 Å². The van der Waals surface area contributed by atoms with Crippen molar-refractivity contribution in [1.82, 2.24) is 5.32 Å². The largest absolute Gasteiger partial charge is 0.444 e. The van der Waals surface area contributed by atoms with Gasteiger partial charge >= 0.3 is 6.09 Å². The Morgan fingerprint density at radius 3 is 1.38 bits per heavy atom. The zero-order valence-electron chi connectivity index (χ0n) is 20.3. The van der Waals surface area contributed by atoms with Crippen LogP contribution in [0.15, 0.2) is 131 Å². The molecule has 0 fully saturated rings. The molecule has 0 heterocycles. The van der Waals surface area contributed by atoms with E-state index in [4.69, 9.17) is 46.6 Å². The van der Waals surface area contributed by atoms with Crippen molar-refractivity contribution in [2.75, 3.05) is 0 Å². The van der Waals surface area contributed by atoms with Crippen LogP contribution in [0.25, 0.3) is 0 Å².